The van der Waals surface area contributed by atoms with Crippen LogP contribution in [-0.2, 0) is 9.59 Å². The van der Waals surface area contributed by atoms with E-state index in [0.717, 1.165) is 10.8 Å². The van der Waals surface area contributed by atoms with E-state index in [2.05, 4.69) is 5.32 Å². The van der Waals surface area contributed by atoms with Gasteiger partial charge < -0.3 is 19.6 Å². The fraction of sp³-hybridized carbons (Fsp3) is 0.211. The molecule has 1 amide bonds. The van der Waals surface area contributed by atoms with Gasteiger partial charge in [-0.15, -0.1) is 0 Å². The first-order chi connectivity index (χ1) is 12.5. The van der Waals surface area contributed by atoms with E-state index in [1.54, 1.807) is 31.2 Å². The summed E-state index contributed by atoms with van der Waals surface area (Å²) in [6, 6.07) is 11.1. The van der Waals surface area contributed by atoms with Crippen LogP contribution in [0.2, 0.25) is 0 Å². The van der Waals surface area contributed by atoms with E-state index < -0.39 is 23.5 Å². The molecule has 2 N–H and O–H groups in total. The van der Waals surface area contributed by atoms with Crippen molar-refractivity contribution in [1.29, 1.82) is 0 Å². The predicted octanol–water partition coefficient (Wildman–Crippen LogP) is 2.30. The number of amides is 1. The summed E-state index contributed by atoms with van der Waals surface area (Å²) in [5.74, 6) is -1.30. The van der Waals surface area contributed by atoms with E-state index in [4.69, 9.17) is 14.3 Å². The van der Waals surface area contributed by atoms with Crippen LogP contribution in [-0.4, -0.2) is 29.6 Å². The highest BCUT2D eigenvalue weighted by atomic mass is 16.5. The molecule has 7 nitrogen and oxygen atoms in total. The van der Waals surface area contributed by atoms with E-state index in [-0.39, 0.29) is 13.0 Å². The van der Waals surface area contributed by atoms with E-state index in [1.807, 2.05) is 12.1 Å². The largest absolute Gasteiger partial charge is 0.484 e. The summed E-state index contributed by atoms with van der Waals surface area (Å²) in [5.41, 5.74) is -0.0983. The minimum absolute atomic E-state index is 0.273. The molecule has 26 heavy (non-hydrogen) atoms. The Morgan fingerprint density at radius 3 is 2.58 bits per heavy atom. The Morgan fingerprint density at radius 1 is 1.15 bits per heavy atom. The fourth-order valence-electron chi connectivity index (χ4n) is 2.67. The van der Waals surface area contributed by atoms with Crippen LogP contribution in [0.15, 0.2) is 51.7 Å². The number of nitrogens with one attached hydrogen (secondary N) is 1. The molecule has 0 saturated carbocycles. The molecule has 0 saturated heterocycles. The Hall–Kier alpha value is -3.35. The summed E-state index contributed by atoms with van der Waals surface area (Å²) in [5, 5.41) is 13.3. The average molecular weight is 355 g/mol. The third kappa shape index (κ3) is 3.51. The monoisotopic (exact) mass is 355 g/mol. The molecule has 0 radical (unpaired) electrons. The van der Waals surface area contributed by atoms with E-state index >= 15 is 0 Å². The van der Waals surface area contributed by atoms with Crippen molar-refractivity contribution >= 4 is 33.6 Å². The van der Waals surface area contributed by atoms with Crippen LogP contribution in [0.3, 0.4) is 0 Å². The zero-order valence-corrected chi connectivity index (χ0v) is 14.0. The lowest BCUT2D eigenvalue weighted by Gasteiger charge is -2.13. The lowest BCUT2D eigenvalue weighted by atomic mass is 10.1. The number of carbonyl (C=O) groups excluding carboxylic acids is 1. The molecule has 0 aliphatic heterocycles. The van der Waals surface area contributed by atoms with Crippen molar-refractivity contribution in [1.82, 2.24) is 5.32 Å². The maximum Gasteiger partial charge on any atom is 0.344 e. The smallest absolute Gasteiger partial charge is 0.344 e. The van der Waals surface area contributed by atoms with E-state index in [9.17, 15) is 14.4 Å². The van der Waals surface area contributed by atoms with Gasteiger partial charge in [-0.1, -0.05) is 25.1 Å². The molecule has 0 unspecified atom stereocenters. The second-order valence-corrected chi connectivity index (χ2v) is 5.75. The van der Waals surface area contributed by atoms with Gasteiger partial charge in [0.05, 0.1) is 5.39 Å². The number of carbonyl (C=O) groups is 2. The molecule has 1 aromatic heterocycles. The molecule has 0 aliphatic rings. The van der Waals surface area contributed by atoms with Crippen LogP contribution in [0.5, 0.6) is 5.75 Å². The zero-order valence-electron chi connectivity index (χ0n) is 14.0. The summed E-state index contributed by atoms with van der Waals surface area (Å²) in [6.45, 7) is 1.32. The molecule has 2 aromatic carbocycles. The first kappa shape index (κ1) is 17.5. The minimum Gasteiger partial charge on any atom is -0.484 e. The quantitative estimate of drug-likeness (QED) is 0.519. The molecule has 0 bridgehead atoms. The number of rotatable bonds is 6. The molecule has 1 heterocycles. The van der Waals surface area contributed by atoms with Gasteiger partial charge in [-0.25, -0.2) is 9.59 Å². The molecule has 1 atom stereocenters. The van der Waals surface area contributed by atoms with E-state index in [1.165, 1.54) is 6.07 Å². The van der Waals surface area contributed by atoms with Crippen LogP contribution in [0.25, 0.3) is 21.7 Å². The third-order valence-corrected chi connectivity index (χ3v) is 4.00. The number of hydrogen-bond acceptors (Lipinski definition) is 5. The molecule has 0 fully saturated rings. The predicted molar refractivity (Wildman–Crippen MR) is 95.3 cm³/mol. The van der Waals surface area contributed by atoms with Crippen molar-refractivity contribution in [2.75, 3.05) is 6.61 Å². The van der Waals surface area contributed by atoms with Crippen molar-refractivity contribution in [2.45, 2.75) is 19.4 Å². The Bertz CT molecular complexity index is 1040. The Kier molecular flexibility index (Phi) is 4.88. The van der Waals surface area contributed by atoms with Crippen LogP contribution >= 0.6 is 0 Å². The molecule has 134 valence electrons. The molecule has 0 spiro atoms. The van der Waals surface area contributed by atoms with E-state index in [0.29, 0.717) is 16.7 Å². The number of aliphatic carboxylic acids is 1. The van der Waals surface area contributed by atoms with Crippen LogP contribution in [0.1, 0.15) is 13.3 Å². The number of ether oxygens (including phenoxy) is 1. The summed E-state index contributed by atoms with van der Waals surface area (Å²) < 4.78 is 10.7. The van der Waals surface area contributed by atoms with Gasteiger partial charge in [-0.3, -0.25) is 4.79 Å². The van der Waals surface area contributed by atoms with Crippen molar-refractivity contribution in [3.63, 3.8) is 0 Å². The summed E-state index contributed by atoms with van der Waals surface area (Å²) in [6.07, 6.45) is 0.273. The van der Waals surface area contributed by atoms with Gasteiger partial charge in [-0.2, -0.15) is 0 Å². The van der Waals surface area contributed by atoms with Crippen molar-refractivity contribution in [2.24, 2.45) is 0 Å². The highest BCUT2D eigenvalue weighted by Crippen LogP contribution is 2.26. The maximum absolute atomic E-state index is 12.1. The second kappa shape index (κ2) is 7.26. The van der Waals surface area contributed by atoms with Crippen LogP contribution < -0.4 is 15.7 Å². The fourth-order valence-corrected chi connectivity index (χ4v) is 2.67. The molecule has 7 heteroatoms. The number of hydrogen-bond donors (Lipinski definition) is 2. The first-order valence-corrected chi connectivity index (χ1v) is 8.10. The van der Waals surface area contributed by atoms with Gasteiger partial charge >= 0.3 is 11.6 Å². The topological polar surface area (TPSA) is 106 Å². The highest BCUT2D eigenvalue weighted by Gasteiger charge is 2.17. The molecule has 3 rings (SSSR count). The maximum atomic E-state index is 12.1. The summed E-state index contributed by atoms with van der Waals surface area (Å²) in [7, 11) is 0. The second-order valence-electron chi connectivity index (χ2n) is 5.75. The number of carboxylic acid groups (broad SMARTS) is 1. The van der Waals surface area contributed by atoms with Crippen molar-refractivity contribution in [3.05, 3.63) is 52.9 Å². The minimum atomic E-state index is -1.10. The van der Waals surface area contributed by atoms with Crippen LogP contribution in [0, 0.1) is 0 Å². The Labute approximate surface area is 148 Å². The average Bonchev–Trinajstić information content (AvgIpc) is 2.64. The van der Waals surface area contributed by atoms with Gasteiger partial charge in [0, 0.05) is 11.5 Å². The van der Waals surface area contributed by atoms with Crippen LogP contribution in [0.4, 0.5) is 0 Å². The summed E-state index contributed by atoms with van der Waals surface area (Å²) >= 11 is 0. The Balaban J connectivity index is 1.79. The lowest BCUT2D eigenvalue weighted by Crippen LogP contribution is -2.42. The first-order valence-electron chi connectivity index (χ1n) is 8.10. The SMILES string of the molecule is CC[C@@H](NC(=O)COc1ccc2c(c1)oc(=O)c1ccccc12)C(=O)O. The third-order valence-electron chi connectivity index (χ3n) is 4.00. The standard InChI is InChI=1S/C19H17NO6/c1-2-15(18(22)23)20-17(21)10-25-11-7-8-13-12-5-3-4-6-14(12)19(24)26-16(13)9-11/h3-9,15H,2,10H2,1H3,(H,20,21)(H,22,23)/t15-/m1/s1. The van der Waals surface area contributed by atoms with Gasteiger partial charge in [0.15, 0.2) is 6.61 Å². The van der Waals surface area contributed by atoms with Gasteiger partial charge in [0.25, 0.3) is 5.91 Å². The summed E-state index contributed by atoms with van der Waals surface area (Å²) in [4.78, 5) is 34.8. The lowest BCUT2D eigenvalue weighted by molar-refractivity contribution is -0.142. The van der Waals surface area contributed by atoms with Gasteiger partial charge in [-0.05, 0) is 30.0 Å². The van der Waals surface area contributed by atoms with Crippen molar-refractivity contribution < 1.29 is 23.8 Å². The number of fused-ring (bicyclic) bond motifs is 3. The Morgan fingerprint density at radius 2 is 1.88 bits per heavy atom. The van der Waals surface area contributed by atoms with Gasteiger partial charge in [0.1, 0.15) is 17.4 Å². The zero-order chi connectivity index (χ0) is 18.7. The molecule has 3 aromatic rings. The van der Waals surface area contributed by atoms with Crippen molar-refractivity contribution in [3.8, 4) is 5.75 Å². The number of benzene rings is 2. The highest BCUT2D eigenvalue weighted by molar-refractivity contribution is 6.04. The normalized spacial score (nSPS) is 12.0. The number of carboxylic acids is 1. The molecular formula is C19H17NO6. The molecule has 0 aliphatic carbocycles. The van der Waals surface area contributed by atoms with Gasteiger partial charge in [0.2, 0.25) is 0 Å². The molecular weight excluding hydrogens is 338 g/mol.